The maximum atomic E-state index is 12.2. The van der Waals surface area contributed by atoms with E-state index < -0.39 is 4.92 Å². The Kier molecular flexibility index (Phi) is 6.26. The van der Waals surface area contributed by atoms with E-state index in [0.29, 0.717) is 21.4 Å². The summed E-state index contributed by atoms with van der Waals surface area (Å²) in [6.07, 6.45) is 0. The van der Waals surface area contributed by atoms with Crippen LogP contribution in [0, 0.1) is 10.1 Å². The number of thiazole rings is 1. The molecule has 2 aromatic heterocycles. The average Bonchev–Trinajstić information content (AvgIpc) is 3.42. The highest BCUT2D eigenvalue weighted by Gasteiger charge is 2.14. The number of rotatable bonds is 7. The van der Waals surface area contributed by atoms with Crippen molar-refractivity contribution in [2.75, 3.05) is 11.1 Å². The lowest BCUT2D eigenvalue weighted by Gasteiger charge is -2.00. The smallest absolute Gasteiger partial charge is 0.277 e. The van der Waals surface area contributed by atoms with Gasteiger partial charge in [-0.15, -0.1) is 21.5 Å². The molecule has 12 heteroatoms. The van der Waals surface area contributed by atoms with Crippen LogP contribution in [0.1, 0.15) is 0 Å². The second-order valence-electron chi connectivity index (χ2n) is 6.03. The number of thioether (sulfide) groups is 1. The molecule has 1 N–H and O–H groups in total. The highest BCUT2D eigenvalue weighted by Crippen LogP contribution is 2.29. The molecule has 0 aliphatic heterocycles. The van der Waals surface area contributed by atoms with E-state index >= 15 is 0 Å². The Morgan fingerprint density at radius 3 is 2.71 bits per heavy atom. The van der Waals surface area contributed by atoms with Crippen LogP contribution in [-0.4, -0.2) is 31.8 Å². The van der Waals surface area contributed by atoms with Gasteiger partial charge in [0.25, 0.3) is 10.9 Å². The number of amides is 1. The first kappa shape index (κ1) is 21.0. The number of hydrogen-bond donors (Lipinski definition) is 1. The maximum absolute atomic E-state index is 12.2. The van der Waals surface area contributed by atoms with E-state index in [1.807, 2.05) is 6.07 Å². The summed E-state index contributed by atoms with van der Waals surface area (Å²) in [6, 6.07) is 13.1. The van der Waals surface area contributed by atoms with Crippen LogP contribution in [0.15, 0.2) is 63.6 Å². The van der Waals surface area contributed by atoms with E-state index in [-0.39, 0.29) is 28.5 Å². The lowest BCUT2D eigenvalue weighted by molar-refractivity contribution is -0.384. The van der Waals surface area contributed by atoms with Crippen molar-refractivity contribution in [2.45, 2.75) is 5.22 Å². The minimum absolute atomic E-state index is 0.00301. The second-order valence-corrected chi connectivity index (χ2v) is 8.22. The molecule has 2 heterocycles. The first-order valence-corrected chi connectivity index (χ1v) is 11.0. The van der Waals surface area contributed by atoms with Gasteiger partial charge in [0.1, 0.15) is 0 Å². The number of nitrogens with one attached hydrogen (secondary N) is 1. The Labute approximate surface area is 188 Å². The molecule has 4 rings (SSSR count). The number of benzene rings is 2. The van der Waals surface area contributed by atoms with Crippen molar-refractivity contribution in [1.29, 1.82) is 0 Å². The highest BCUT2D eigenvalue weighted by atomic mass is 35.5. The monoisotopic (exact) mass is 473 g/mol. The Hall–Kier alpha value is -3.28. The molecule has 0 fully saturated rings. The first-order valence-electron chi connectivity index (χ1n) is 8.71. The van der Waals surface area contributed by atoms with Gasteiger partial charge < -0.3 is 9.73 Å². The fraction of sp³-hybridized carbons (Fsp3) is 0.0526. The van der Waals surface area contributed by atoms with Crippen LogP contribution < -0.4 is 5.32 Å². The molecule has 156 valence electrons. The van der Waals surface area contributed by atoms with Crippen LogP contribution >= 0.6 is 34.7 Å². The molecular weight excluding hydrogens is 462 g/mol. The molecule has 0 saturated heterocycles. The molecule has 4 aromatic rings. The fourth-order valence-corrected chi connectivity index (χ4v) is 4.03. The zero-order valence-corrected chi connectivity index (χ0v) is 17.9. The molecule has 0 spiro atoms. The van der Waals surface area contributed by atoms with Gasteiger partial charge in [-0.05, 0) is 24.3 Å². The topological polar surface area (TPSA) is 124 Å². The van der Waals surface area contributed by atoms with Crippen molar-refractivity contribution in [2.24, 2.45) is 0 Å². The van der Waals surface area contributed by atoms with Crippen molar-refractivity contribution in [3.63, 3.8) is 0 Å². The number of non-ortho nitro benzene ring substituents is 1. The number of halogens is 1. The van der Waals surface area contributed by atoms with Crippen molar-refractivity contribution >= 4 is 51.4 Å². The summed E-state index contributed by atoms with van der Waals surface area (Å²) in [5.41, 5.74) is 1.96. The van der Waals surface area contributed by atoms with Crippen LogP contribution in [0.2, 0.25) is 5.02 Å². The van der Waals surface area contributed by atoms with Crippen molar-refractivity contribution in [3.8, 4) is 22.7 Å². The molecular formula is C19H12ClN5O4S2. The summed E-state index contributed by atoms with van der Waals surface area (Å²) in [5, 5.41) is 24.3. The number of carbonyl (C=O) groups is 1. The molecule has 0 unspecified atom stereocenters. The molecule has 1 amide bonds. The van der Waals surface area contributed by atoms with E-state index in [9.17, 15) is 14.9 Å². The molecule has 0 aliphatic carbocycles. The molecule has 31 heavy (non-hydrogen) atoms. The normalized spacial score (nSPS) is 10.7. The van der Waals surface area contributed by atoms with Gasteiger partial charge in [0.2, 0.25) is 11.8 Å². The lowest BCUT2D eigenvalue weighted by Crippen LogP contribution is -2.13. The number of carbonyl (C=O) groups excluding carboxylic acids is 1. The van der Waals surface area contributed by atoms with Crippen molar-refractivity contribution in [3.05, 3.63) is 69.0 Å². The van der Waals surface area contributed by atoms with Gasteiger partial charge in [0.15, 0.2) is 5.13 Å². The highest BCUT2D eigenvalue weighted by molar-refractivity contribution is 7.99. The standard InChI is InChI=1S/C19H12ClN5O4S2/c20-14-4-2-1-3-13(14)17-23-24-19(29-17)31-10-16(26)22-18-21-15(9-30-18)11-5-7-12(8-6-11)25(27)28/h1-9H,10H2,(H,21,22,26). The number of hydrogen-bond acceptors (Lipinski definition) is 9. The summed E-state index contributed by atoms with van der Waals surface area (Å²) < 4.78 is 5.55. The van der Waals surface area contributed by atoms with Gasteiger partial charge in [-0.25, -0.2) is 4.98 Å². The maximum Gasteiger partial charge on any atom is 0.277 e. The third kappa shape index (κ3) is 5.08. The minimum Gasteiger partial charge on any atom is -0.411 e. The SMILES string of the molecule is O=C(CSc1nnc(-c2ccccc2Cl)o1)Nc1nc(-c2ccc([N+](=O)[O-])cc2)cs1. The van der Waals surface area contributed by atoms with Gasteiger partial charge in [-0.2, -0.15) is 0 Å². The number of aromatic nitrogens is 3. The fourth-order valence-electron chi connectivity index (χ4n) is 2.51. The predicted octanol–water partition coefficient (Wildman–Crippen LogP) is 5.15. The van der Waals surface area contributed by atoms with Gasteiger partial charge in [-0.1, -0.05) is 35.5 Å². The van der Waals surface area contributed by atoms with Gasteiger partial charge in [0.05, 0.1) is 27.0 Å². The minimum atomic E-state index is -0.463. The molecule has 0 saturated carbocycles. The molecule has 0 radical (unpaired) electrons. The second kappa shape index (κ2) is 9.25. The Balaban J connectivity index is 1.34. The molecule has 0 aliphatic rings. The molecule has 2 aromatic carbocycles. The van der Waals surface area contributed by atoms with E-state index in [1.54, 1.807) is 35.7 Å². The van der Waals surface area contributed by atoms with Gasteiger partial charge in [-0.3, -0.25) is 14.9 Å². The number of nitro groups is 1. The Morgan fingerprint density at radius 2 is 1.97 bits per heavy atom. The van der Waals surface area contributed by atoms with E-state index in [2.05, 4.69) is 20.5 Å². The van der Waals surface area contributed by atoms with Crippen LogP contribution in [0.3, 0.4) is 0 Å². The van der Waals surface area contributed by atoms with Crippen LogP contribution in [0.4, 0.5) is 10.8 Å². The molecule has 0 atom stereocenters. The van der Waals surface area contributed by atoms with E-state index in [4.69, 9.17) is 16.0 Å². The van der Waals surface area contributed by atoms with Crippen molar-refractivity contribution in [1.82, 2.24) is 15.2 Å². The summed E-state index contributed by atoms with van der Waals surface area (Å²) in [7, 11) is 0. The van der Waals surface area contributed by atoms with Gasteiger partial charge >= 0.3 is 0 Å². The predicted molar refractivity (Wildman–Crippen MR) is 118 cm³/mol. The zero-order valence-electron chi connectivity index (χ0n) is 15.5. The summed E-state index contributed by atoms with van der Waals surface area (Å²) in [5.74, 6) is 0.0459. The lowest BCUT2D eigenvalue weighted by atomic mass is 10.1. The average molecular weight is 474 g/mol. The summed E-state index contributed by atoms with van der Waals surface area (Å²) >= 11 is 8.47. The van der Waals surface area contributed by atoms with Crippen LogP contribution in [0.25, 0.3) is 22.7 Å². The molecule has 0 bridgehead atoms. The third-order valence-corrected chi connectivity index (χ3v) is 5.87. The van der Waals surface area contributed by atoms with Crippen LogP contribution in [-0.2, 0) is 4.79 Å². The Bertz CT molecular complexity index is 1240. The van der Waals surface area contributed by atoms with Gasteiger partial charge in [0, 0.05) is 23.1 Å². The number of nitro benzene ring substituents is 1. The quantitative estimate of drug-likeness (QED) is 0.222. The van der Waals surface area contributed by atoms with E-state index in [1.165, 1.54) is 23.5 Å². The van der Waals surface area contributed by atoms with E-state index in [0.717, 1.165) is 17.3 Å². The molecule has 9 nitrogen and oxygen atoms in total. The largest absolute Gasteiger partial charge is 0.411 e. The Morgan fingerprint density at radius 1 is 1.19 bits per heavy atom. The number of anilines is 1. The van der Waals surface area contributed by atoms with Crippen molar-refractivity contribution < 1.29 is 14.1 Å². The zero-order chi connectivity index (χ0) is 21.8. The number of nitrogens with zero attached hydrogens (tertiary/aromatic N) is 4. The first-order chi connectivity index (χ1) is 15.0. The summed E-state index contributed by atoms with van der Waals surface area (Å²) in [6.45, 7) is 0. The summed E-state index contributed by atoms with van der Waals surface area (Å²) in [4.78, 5) is 26.9. The van der Waals surface area contributed by atoms with Crippen LogP contribution in [0.5, 0.6) is 0 Å². The third-order valence-electron chi connectivity index (χ3n) is 3.96.